The molecule has 0 saturated carbocycles. The van der Waals surface area contributed by atoms with E-state index in [-0.39, 0.29) is 18.1 Å². The molecule has 0 heterocycles. The van der Waals surface area contributed by atoms with Crippen LogP contribution in [0.2, 0.25) is 5.02 Å². The van der Waals surface area contributed by atoms with E-state index in [0.717, 1.165) is 16.0 Å². The highest BCUT2D eigenvalue weighted by atomic mass is 35.5. The number of benzene rings is 2. The molecule has 6 heteroatoms. The molecule has 0 atom stereocenters. The molecule has 0 N–H and O–H groups in total. The van der Waals surface area contributed by atoms with E-state index in [2.05, 4.69) is 0 Å². The van der Waals surface area contributed by atoms with Gasteiger partial charge in [0.1, 0.15) is 5.75 Å². The summed E-state index contributed by atoms with van der Waals surface area (Å²) < 4.78 is 10.1. The number of carbonyl (C=O) groups excluding carboxylic acids is 2. The zero-order valence-corrected chi connectivity index (χ0v) is 15.9. The Hall–Kier alpha value is -1.98. The van der Waals surface area contributed by atoms with Gasteiger partial charge in [0.15, 0.2) is 12.4 Å². The zero-order chi connectivity index (χ0) is 18.4. The number of halogens is 1. The Kier molecular flexibility index (Phi) is 6.91. The normalized spacial score (nSPS) is 10.4. The molecule has 0 bridgehead atoms. The van der Waals surface area contributed by atoms with Crippen molar-refractivity contribution in [2.75, 3.05) is 19.5 Å². The Bertz CT molecular complexity index is 789. The number of carbonyl (C=O) groups is 2. The summed E-state index contributed by atoms with van der Waals surface area (Å²) in [6, 6.07) is 10.8. The molecular formula is C19H19ClO4S. The van der Waals surface area contributed by atoms with E-state index in [1.54, 1.807) is 12.1 Å². The second-order valence-electron chi connectivity index (χ2n) is 5.49. The standard InChI is InChI=1S/C19H19ClO4S/c1-12-4-5-13(2)18(8-12)25-11-19(22)24-10-16(21)14-6-7-17(23-3)15(20)9-14/h4-9H,10-11H2,1-3H3. The van der Waals surface area contributed by atoms with Crippen LogP contribution in [0.5, 0.6) is 5.75 Å². The van der Waals surface area contributed by atoms with Gasteiger partial charge in [0.05, 0.1) is 17.9 Å². The lowest BCUT2D eigenvalue weighted by Gasteiger charge is -2.08. The molecule has 0 amide bonds. The predicted octanol–water partition coefficient (Wildman–Crippen LogP) is 4.48. The number of rotatable bonds is 7. The first-order valence-corrected chi connectivity index (χ1v) is 8.99. The molecule has 0 saturated heterocycles. The van der Waals surface area contributed by atoms with Crippen molar-refractivity contribution in [1.82, 2.24) is 0 Å². The quantitative estimate of drug-likeness (QED) is 0.404. The molecule has 0 radical (unpaired) electrons. The third-order valence-electron chi connectivity index (χ3n) is 3.53. The van der Waals surface area contributed by atoms with Crippen LogP contribution in [0.1, 0.15) is 21.5 Å². The maximum Gasteiger partial charge on any atom is 0.316 e. The highest BCUT2D eigenvalue weighted by molar-refractivity contribution is 8.00. The topological polar surface area (TPSA) is 52.6 Å². The highest BCUT2D eigenvalue weighted by Gasteiger charge is 2.13. The molecule has 0 aliphatic heterocycles. The lowest BCUT2D eigenvalue weighted by atomic mass is 10.1. The summed E-state index contributed by atoms with van der Waals surface area (Å²) in [6.07, 6.45) is 0. The van der Waals surface area contributed by atoms with Crippen LogP contribution in [0.4, 0.5) is 0 Å². The van der Waals surface area contributed by atoms with Gasteiger partial charge in [-0.2, -0.15) is 0 Å². The van der Waals surface area contributed by atoms with E-state index in [1.807, 2.05) is 32.0 Å². The van der Waals surface area contributed by atoms with Crippen LogP contribution in [-0.4, -0.2) is 31.2 Å². The number of ketones is 1. The van der Waals surface area contributed by atoms with Gasteiger partial charge in [-0.1, -0.05) is 29.3 Å². The summed E-state index contributed by atoms with van der Waals surface area (Å²) in [5, 5.41) is 0.338. The summed E-state index contributed by atoms with van der Waals surface area (Å²) in [6.45, 7) is 3.68. The molecule has 0 spiro atoms. The van der Waals surface area contributed by atoms with Crippen molar-refractivity contribution in [2.24, 2.45) is 0 Å². The molecule has 2 rings (SSSR count). The van der Waals surface area contributed by atoms with Crippen LogP contribution in [0.3, 0.4) is 0 Å². The van der Waals surface area contributed by atoms with E-state index < -0.39 is 5.97 Å². The molecular weight excluding hydrogens is 360 g/mol. The number of methoxy groups -OCH3 is 1. The lowest BCUT2D eigenvalue weighted by molar-refractivity contribution is -0.139. The Morgan fingerprint density at radius 3 is 2.56 bits per heavy atom. The Labute approximate surface area is 156 Å². The second kappa shape index (κ2) is 8.92. The maximum absolute atomic E-state index is 12.1. The number of hydrogen-bond acceptors (Lipinski definition) is 5. The largest absolute Gasteiger partial charge is 0.495 e. The van der Waals surface area contributed by atoms with Gasteiger partial charge in [-0.15, -0.1) is 11.8 Å². The van der Waals surface area contributed by atoms with Crippen molar-refractivity contribution in [3.8, 4) is 5.75 Å². The van der Waals surface area contributed by atoms with Crippen LogP contribution in [-0.2, 0) is 9.53 Å². The van der Waals surface area contributed by atoms with Crippen LogP contribution in [0.15, 0.2) is 41.3 Å². The van der Waals surface area contributed by atoms with E-state index in [9.17, 15) is 9.59 Å². The van der Waals surface area contributed by atoms with Crippen LogP contribution < -0.4 is 4.74 Å². The van der Waals surface area contributed by atoms with Crippen molar-refractivity contribution in [3.63, 3.8) is 0 Å². The Balaban J connectivity index is 1.86. The molecule has 2 aromatic carbocycles. The molecule has 132 valence electrons. The zero-order valence-electron chi connectivity index (χ0n) is 14.3. The van der Waals surface area contributed by atoms with Gasteiger partial charge in [0.2, 0.25) is 0 Å². The fraction of sp³-hybridized carbons (Fsp3) is 0.263. The number of ether oxygens (including phenoxy) is 2. The monoisotopic (exact) mass is 378 g/mol. The Morgan fingerprint density at radius 1 is 1.12 bits per heavy atom. The number of esters is 1. The molecule has 2 aromatic rings. The second-order valence-corrected chi connectivity index (χ2v) is 6.92. The number of aryl methyl sites for hydroxylation is 2. The fourth-order valence-corrected chi connectivity index (χ4v) is 3.29. The minimum Gasteiger partial charge on any atom is -0.495 e. The first kappa shape index (κ1) is 19.3. The number of hydrogen-bond donors (Lipinski definition) is 0. The van der Waals surface area contributed by atoms with Crippen molar-refractivity contribution >= 4 is 35.1 Å². The predicted molar refractivity (Wildman–Crippen MR) is 99.9 cm³/mol. The van der Waals surface area contributed by atoms with Gasteiger partial charge in [0, 0.05) is 10.5 Å². The molecule has 0 aromatic heterocycles. The maximum atomic E-state index is 12.1. The van der Waals surface area contributed by atoms with Gasteiger partial charge >= 0.3 is 5.97 Å². The highest BCUT2D eigenvalue weighted by Crippen LogP contribution is 2.25. The summed E-state index contributed by atoms with van der Waals surface area (Å²) in [4.78, 5) is 25.0. The van der Waals surface area contributed by atoms with E-state index >= 15 is 0 Å². The Morgan fingerprint density at radius 2 is 1.88 bits per heavy atom. The van der Waals surface area contributed by atoms with Crippen LogP contribution >= 0.6 is 23.4 Å². The minimum atomic E-state index is -0.432. The molecule has 0 unspecified atom stereocenters. The average molecular weight is 379 g/mol. The number of Topliss-reactive ketones (excluding diaryl/α,β-unsaturated/α-hetero) is 1. The fourth-order valence-electron chi connectivity index (χ4n) is 2.11. The molecule has 25 heavy (non-hydrogen) atoms. The first-order chi connectivity index (χ1) is 11.9. The third-order valence-corrected chi connectivity index (χ3v) is 4.95. The van der Waals surface area contributed by atoms with Crippen LogP contribution in [0, 0.1) is 13.8 Å². The summed E-state index contributed by atoms with van der Waals surface area (Å²) >= 11 is 7.39. The van der Waals surface area contributed by atoms with E-state index in [4.69, 9.17) is 21.1 Å². The molecule has 0 fully saturated rings. The summed E-state index contributed by atoms with van der Waals surface area (Å²) in [7, 11) is 1.50. The SMILES string of the molecule is COc1ccc(C(=O)COC(=O)CSc2cc(C)ccc2C)cc1Cl. The van der Waals surface area contributed by atoms with Gasteiger partial charge in [-0.05, 0) is 43.7 Å². The van der Waals surface area contributed by atoms with Gasteiger partial charge in [-0.25, -0.2) is 0 Å². The van der Waals surface area contributed by atoms with E-state index in [0.29, 0.717) is 16.3 Å². The van der Waals surface area contributed by atoms with Gasteiger partial charge < -0.3 is 9.47 Å². The van der Waals surface area contributed by atoms with Gasteiger partial charge in [0.25, 0.3) is 0 Å². The average Bonchev–Trinajstić information content (AvgIpc) is 2.60. The molecule has 0 aliphatic carbocycles. The molecule has 0 aliphatic rings. The van der Waals surface area contributed by atoms with Crippen molar-refractivity contribution in [2.45, 2.75) is 18.7 Å². The summed E-state index contributed by atoms with van der Waals surface area (Å²) in [5.74, 6) is -0.102. The lowest BCUT2D eigenvalue weighted by Crippen LogP contribution is -2.15. The van der Waals surface area contributed by atoms with Crippen LogP contribution in [0.25, 0.3) is 0 Å². The van der Waals surface area contributed by atoms with Gasteiger partial charge in [-0.3, -0.25) is 9.59 Å². The van der Waals surface area contributed by atoms with Crippen molar-refractivity contribution in [1.29, 1.82) is 0 Å². The minimum absolute atomic E-state index is 0.154. The van der Waals surface area contributed by atoms with Crippen molar-refractivity contribution < 1.29 is 19.1 Å². The smallest absolute Gasteiger partial charge is 0.316 e. The van der Waals surface area contributed by atoms with E-state index in [1.165, 1.54) is 24.9 Å². The summed E-state index contributed by atoms with van der Waals surface area (Å²) in [5.41, 5.74) is 2.61. The van der Waals surface area contributed by atoms with Crippen molar-refractivity contribution in [3.05, 3.63) is 58.1 Å². The molecule has 4 nitrogen and oxygen atoms in total. The third kappa shape index (κ3) is 5.51. The first-order valence-electron chi connectivity index (χ1n) is 7.63. The number of thioether (sulfide) groups is 1.